The lowest BCUT2D eigenvalue weighted by Crippen LogP contribution is -2.30. The molecule has 0 radical (unpaired) electrons. The summed E-state index contributed by atoms with van der Waals surface area (Å²) in [5, 5.41) is 10.8. The summed E-state index contributed by atoms with van der Waals surface area (Å²) in [7, 11) is 0. The van der Waals surface area contributed by atoms with Gasteiger partial charge in [-0.1, -0.05) is 0 Å². The van der Waals surface area contributed by atoms with Gasteiger partial charge in [-0.2, -0.15) is 0 Å². The zero-order chi connectivity index (χ0) is 21.6. The summed E-state index contributed by atoms with van der Waals surface area (Å²) in [5.74, 6) is -5.08. The smallest absolute Gasteiger partial charge is 0.300 e. The Kier molecular flexibility index (Phi) is 4.69. The van der Waals surface area contributed by atoms with Gasteiger partial charge in [0.1, 0.15) is 35.0 Å². The van der Waals surface area contributed by atoms with Crippen LogP contribution in [0.2, 0.25) is 0 Å². The van der Waals surface area contributed by atoms with Crippen molar-refractivity contribution in [3.05, 3.63) is 94.7 Å². The van der Waals surface area contributed by atoms with E-state index in [0.29, 0.717) is 0 Å². The fraction of sp³-hybridized carbons (Fsp3) is 0.0909. The van der Waals surface area contributed by atoms with Gasteiger partial charge in [0.05, 0.1) is 17.5 Å². The molecule has 152 valence electrons. The molecule has 1 unspecified atom stereocenters. The molecule has 0 aliphatic carbocycles. The number of hydrogen-bond donors (Lipinski definition) is 1. The van der Waals surface area contributed by atoms with Crippen molar-refractivity contribution in [2.75, 3.05) is 4.90 Å². The van der Waals surface area contributed by atoms with Gasteiger partial charge >= 0.3 is 0 Å². The van der Waals surface area contributed by atoms with E-state index in [9.17, 15) is 27.9 Å². The van der Waals surface area contributed by atoms with Crippen molar-refractivity contribution in [1.82, 2.24) is 0 Å². The van der Waals surface area contributed by atoms with Crippen LogP contribution in [-0.2, 0) is 9.59 Å². The zero-order valence-corrected chi connectivity index (χ0v) is 15.5. The summed E-state index contributed by atoms with van der Waals surface area (Å²) in [6, 6.07) is 7.70. The second kappa shape index (κ2) is 7.22. The molecule has 3 aromatic rings. The number of Topliss-reactive ketones (excluding diaryl/α,β-unsaturated/α-hetero) is 1. The highest BCUT2D eigenvalue weighted by atomic mass is 19.1. The van der Waals surface area contributed by atoms with Crippen LogP contribution in [0.25, 0.3) is 5.76 Å². The highest BCUT2D eigenvalue weighted by Gasteiger charge is 2.49. The van der Waals surface area contributed by atoms with Crippen LogP contribution in [0.15, 0.2) is 64.8 Å². The topological polar surface area (TPSA) is 70.8 Å². The van der Waals surface area contributed by atoms with Gasteiger partial charge in [-0.3, -0.25) is 14.5 Å². The van der Waals surface area contributed by atoms with E-state index in [1.54, 1.807) is 0 Å². The maximum atomic E-state index is 14.5. The molecule has 2 heterocycles. The number of aryl methyl sites for hydroxylation is 1. The minimum absolute atomic E-state index is 0.0539. The monoisotopic (exact) mass is 413 g/mol. The van der Waals surface area contributed by atoms with E-state index in [1.807, 2.05) is 0 Å². The molecule has 1 saturated heterocycles. The van der Waals surface area contributed by atoms with Crippen LogP contribution in [0.3, 0.4) is 0 Å². The number of carbonyl (C=O) groups is 2. The molecule has 8 heteroatoms. The Bertz CT molecular complexity index is 1200. The molecular formula is C22H14F3NO4. The van der Waals surface area contributed by atoms with Crippen molar-refractivity contribution in [2.45, 2.75) is 13.0 Å². The summed E-state index contributed by atoms with van der Waals surface area (Å²) in [6.45, 7) is 1.47. The molecule has 30 heavy (non-hydrogen) atoms. The third-order valence-corrected chi connectivity index (χ3v) is 4.86. The number of benzene rings is 2. The summed E-state index contributed by atoms with van der Waals surface area (Å²) in [4.78, 5) is 26.3. The molecule has 1 amide bonds. The Morgan fingerprint density at radius 2 is 1.77 bits per heavy atom. The van der Waals surface area contributed by atoms with E-state index in [1.165, 1.54) is 37.5 Å². The van der Waals surface area contributed by atoms with Gasteiger partial charge in [-0.25, -0.2) is 13.2 Å². The first-order chi connectivity index (χ1) is 14.3. The van der Waals surface area contributed by atoms with Gasteiger partial charge in [0.25, 0.3) is 11.7 Å². The van der Waals surface area contributed by atoms with Crippen molar-refractivity contribution < 1.29 is 32.3 Å². The van der Waals surface area contributed by atoms with Gasteiger partial charge in [0, 0.05) is 11.6 Å². The molecule has 1 aromatic heterocycles. The molecule has 1 aliphatic heterocycles. The summed E-state index contributed by atoms with van der Waals surface area (Å²) in [6.07, 6.45) is 1.28. The second-order valence-electron chi connectivity index (χ2n) is 6.74. The third kappa shape index (κ3) is 3.06. The number of rotatable bonds is 3. The lowest BCUT2D eigenvalue weighted by atomic mass is 9.98. The van der Waals surface area contributed by atoms with Gasteiger partial charge in [0.2, 0.25) is 0 Å². The van der Waals surface area contributed by atoms with Crippen molar-refractivity contribution in [2.24, 2.45) is 0 Å². The van der Waals surface area contributed by atoms with E-state index in [4.69, 9.17) is 4.42 Å². The number of halogens is 3. The number of amides is 1. The molecule has 0 spiro atoms. The SMILES string of the molecule is Cc1cc(/C(O)=C2/C(=O)C(=O)N(c3cc(F)ccc3F)C2c2ccco2)ccc1F. The van der Waals surface area contributed by atoms with Crippen molar-refractivity contribution in [3.8, 4) is 0 Å². The lowest BCUT2D eigenvalue weighted by Gasteiger charge is -2.23. The number of furan rings is 1. The van der Waals surface area contributed by atoms with Crippen LogP contribution >= 0.6 is 0 Å². The standard InChI is InChI=1S/C22H14F3NO4/c1-11-9-12(4-6-14(11)24)20(27)18-19(17-3-2-8-30-17)26(22(29)21(18)28)16-10-13(23)5-7-15(16)25/h2-10,19,27H,1H3/b20-18-. The fourth-order valence-electron chi connectivity index (χ4n) is 3.41. The molecule has 5 nitrogen and oxygen atoms in total. The predicted molar refractivity (Wildman–Crippen MR) is 101 cm³/mol. The first kappa shape index (κ1) is 19.5. The lowest BCUT2D eigenvalue weighted by molar-refractivity contribution is -0.132. The number of hydrogen-bond acceptors (Lipinski definition) is 4. The number of anilines is 1. The van der Waals surface area contributed by atoms with Crippen LogP contribution in [0.4, 0.5) is 18.9 Å². The van der Waals surface area contributed by atoms with Gasteiger partial charge in [0.15, 0.2) is 0 Å². The molecule has 0 saturated carbocycles. The first-order valence-corrected chi connectivity index (χ1v) is 8.85. The Balaban J connectivity index is 1.96. The molecule has 4 rings (SSSR count). The molecule has 1 N–H and O–H groups in total. The average Bonchev–Trinajstić information content (AvgIpc) is 3.33. The highest BCUT2D eigenvalue weighted by molar-refractivity contribution is 6.51. The summed E-state index contributed by atoms with van der Waals surface area (Å²) >= 11 is 0. The first-order valence-electron chi connectivity index (χ1n) is 8.85. The molecule has 1 atom stereocenters. The van der Waals surface area contributed by atoms with Crippen LogP contribution in [0.1, 0.15) is 22.9 Å². The van der Waals surface area contributed by atoms with Crippen molar-refractivity contribution in [3.63, 3.8) is 0 Å². The Hall–Kier alpha value is -3.81. The maximum absolute atomic E-state index is 14.5. The van der Waals surface area contributed by atoms with Crippen LogP contribution in [0, 0.1) is 24.4 Å². The normalized spacial score (nSPS) is 18.3. The van der Waals surface area contributed by atoms with Gasteiger partial charge < -0.3 is 9.52 Å². The molecular weight excluding hydrogens is 399 g/mol. The zero-order valence-electron chi connectivity index (χ0n) is 15.5. The Labute approximate surface area is 168 Å². The Morgan fingerprint density at radius 3 is 2.43 bits per heavy atom. The molecule has 0 bridgehead atoms. The number of carbonyl (C=O) groups excluding carboxylic acids is 2. The third-order valence-electron chi connectivity index (χ3n) is 4.86. The fourth-order valence-corrected chi connectivity index (χ4v) is 3.41. The minimum Gasteiger partial charge on any atom is -0.507 e. The summed E-state index contributed by atoms with van der Waals surface area (Å²) < 4.78 is 47.2. The minimum atomic E-state index is -1.35. The number of nitrogens with zero attached hydrogens (tertiary/aromatic N) is 1. The number of ketones is 1. The molecule has 1 fully saturated rings. The summed E-state index contributed by atoms with van der Waals surface area (Å²) in [5.41, 5.74) is -0.570. The van der Waals surface area contributed by atoms with E-state index >= 15 is 0 Å². The van der Waals surface area contributed by atoms with E-state index in [0.717, 1.165) is 29.2 Å². The van der Waals surface area contributed by atoms with Gasteiger partial charge in [-0.15, -0.1) is 0 Å². The van der Waals surface area contributed by atoms with Gasteiger partial charge in [-0.05, 0) is 55.0 Å². The van der Waals surface area contributed by atoms with Crippen LogP contribution in [-0.4, -0.2) is 16.8 Å². The maximum Gasteiger partial charge on any atom is 0.300 e. The quantitative estimate of drug-likeness (QED) is 0.386. The number of aliphatic hydroxyl groups is 1. The molecule has 1 aliphatic rings. The predicted octanol–water partition coefficient (Wildman–Crippen LogP) is 4.63. The Morgan fingerprint density at radius 1 is 1.03 bits per heavy atom. The largest absolute Gasteiger partial charge is 0.507 e. The van der Waals surface area contributed by atoms with Crippen molar-refractivity contribution >= 4 is 23.1 Å². The van der Waals surface area contributed by atoms with Crippen molar-refractivity contribution in [1.29, 1.82) is 0 Å². The van der Waals surface area contributed by atoms with E-state index < -0.39 is 46.6 Å². The van der Waals surface area contributed by atoms with Crippen LogP contribution < -0.4 is 4.90 Å². The van der Waals surface area contributed by atoms with Crippen LogP contribution in [0.5, 0.6) is 0 Å². The van der Waals surface area contributed by atoms with E-state index in [2.05, 4.69) is 0 Å². The molecule has 2 aromatic carbocycles. The number of aliphatic hydroxyl groups excluding tert-OH is 1. The second-order valence-corrected chi connectivity index (χ2v) is 6.74. The highest BCUT2D eigenvalue weighted by Crippen LogP contribution is 2.43. The average molecular weight is 413 g/mol. The van der Waals surface area contributed by atoms with E-state index in [-0.39, 0.29) is 22.5 Å².